The second-order valence-electron chi connectivity index (χ2n) is 3.96. The van der Waals surface area contributed by atoms with Gasteiger partial charge in [-0.1, -0.05) is 0 Å². The van der Waals surface area contributed by atoms with Crippen LogP contribution in [0.4, 0.5) is 0 Å². The zero-order chi connectivity index (χ0) is 13.4. The lowest BCUT2D eigenvalue weighted by Gasteiger charge is -2.13. The molecule has 0 aromatic rings. The Hall–Kier alpha value is -1.02. The van der Waals surface area contributed by atoms with E-state index in [1.54, 1.807) is 0 Å². The molecule has 0 radical (unpaired) electrons. The first-order chi connectivity index (χ1) is 8.65. The fraction of sp³-hybridized carbons (Fsp3) is 0.818. The largest absolute Gasteiger partial charge is 0.394 e. The Morgan fingerprint density at radius 2 is 1.72 bits per heavy atom. The number of hydrogen-bond acceptors (Lipinski definition) is 6. The van der Waals surface area contributed by atoms with Crippen LogP contribution in [-0.4, -0.2) is 72.6 Å². The molecule has 1 heterocycles. The van der Waals surface area contributed by atoms with Gasteiger partial charge in [0.25, 0.3) is 0 Å². The fourth-order valence-electron chi connectivity index (χ4n) is 1.52. The van der Waals surface area contributed by atoms with E-state index in [4.69, 9.17) is 19.7 Å². The number of carbonyl (C=O) groups is 2. The molecule has 0 spiro atoms. The second-order valence-corrected chi connectivity index (χ2v) is 3.96. The van der Waals surface area contributed by atoms with E-state index < -0.39 is 6.10 Å². The number of likely N-dealkylation sites (tertiary alicyclic amines) is 1. The van der Waals surface area contributed by atoms with Gasteiger partial charge in [-0.3, -0.25) is 14.5 Å². The summed E-state index contributed by atoms with van der Waals surface area (Å²) in [6, 6.07) is 0. The van der Waals surface area contributed by atoms with Crippen molar-refractivity contribution in [3.05, 3.63) is 0 Å². The van der Waals surface area contributed by atoms with Crippen LogP contribution in [0.2, 0.25) is 0 Å². The molecule has 1 atom stereocenters. The molecule has 2 N–H and O–H groups in total. The topological polar surface area (TPSA) is 96.3 Å². The number of carbonyl (C=O) groups excluding carboxylic acids is 2. The summed E-state index contributed by atoms with van der Waals surface area (Å²) in [5.41, 5.74) is 0. The second kappa shape index (κ2) is 8.15. The Bertz CT molecular complexity index is 267. The van der Waals surface area contributed by atoms with Crippen molar-refractivity contribution in [2.24, 2.45) is 0 Å². The van der Waals surface area contributed by atoms with E-state index in [1.165, 1.54) is 4.90 Å². The Morgan fingerprint density at radius 1 is 1.11 bits per heavy atom. The van der Waals surface area contributed by atoms with Crippen molar-refractivity contribution in [3.63, 3.8) is 0 Å². The predicted molar refractivity (Wildman–Crippen MR) is 60.7 cm³/mol. The zero-order valence-corrected chi connectivity index (χ0v) is 10.2. The van der Waals surface area contributed by atoms with Gasteiger partial charge >= 0.3 is 0 Å². The maximum absolute atomic E-state index is 11.2. The van der Waals surface area contributed by atoms with E-state index in [-0.39, 0.29) is 38.2 Å². The standard InChI is InChI=1S/C11H19NO6/c13-7-9(14)8-18-6-5-17-4-3-12-10(15)1-2-11(12)16/h9,13-14H,1-8H2. The first-order valence-electron chi connectivity index (χ1n) is 5.92. The van der Waals surface area contributed by atoms with Crippen LogP contribution in [0.3, 0.4) is 0 Å². The van der Waals surface area contributed by atoms with Gasteiger partial charge in [-0.15, -0.1) is 0 Å². The van der Waals surface area contributed by atoms with Gasteiger partial charge in [0.1, 0.15) is 6.10 Å². The van der Waals surface area contributed by atoms with Crippen LogP contribution in [0.1, 0.15) is 12.8 Å². The molecule has 7 nitrogen and oxygen atoms in total. The molecule has 18 heavy (non-hydrogen) atoms. The molecule has 7 heteroatoms. The molecule has 1 fully saturated rings. The smallest absolute Gasteiger partial charge is 0.229 e. The number of amides is 2. The monoisotopic (exact) mass is 261 g/mol. The Balaban J connectivity index is 1.96. The molecule has 0 aromatic heterocycles. The highest BCUT2D eigenvalue weighted by atomic mass is 16.5. The summed E-state index contributed by atoms with van der Waals surface area (Å²) in [5.74, 6) is -0.295. The highest BCUT2D eigenvalue weighted by Crippen LogP contribution is 2.10. The maximum Gasteiger partial charge on any atom is 0.229 e. The summed E-state index contributed by atoms with van der Waals surface area (Å²) in [6.45, 7) is 0.886. The third kappa shape index (κ3) is 5.09. The van der Waals surface area contributed by atoms with Crippen LogP contribution >= 0.6 is 0 Å². The van der Waals surface area contributed by atoms with Gasteiger partial charge in [0.05, 0.1) is 39.6 Å². The van der Waals surface area contributed by atoms with E-state index >= 15 is 0 Å². The Labute approximate surface area is 105 Å². The van der Waals surface area contributed by atoms with Gasteiger partial charge in [-0.2, -0.15) is 0 Å². The molecule has 1 unspecified atom stereocenters. The van der Waals surface area contributed by atoms with E-state index in [0.717, 1.165) is 0 Å². The molecule has 1 aliphatic rings. The first kappa shape index (κ1) is 15.0. The van der Waals surface area contributed by atoms with Crippen molar-refractivity contribution >= 4 is 11.8 Å². The van der Waals surface area contributed by atoms with Crippen LogP contribution < -0.4 is 0 Å². The van der Waals surface area contributed by atoms with Crippen molar-refractivity contribution in [1.29, 1.82) is 0 Å². The number of aliphatic hydroxyl groups excluding tert-OH is 2. The molecule has 1 saturated heterocycles. The molecular weight excluding hydrogens is 242 g/mol. The lowest BCUT2D eigenvalue weighted by atomic mass is 10.4. The average Bonchev–Trinajstić information content (AvgIpc) is 2.68. The highest BCUT2D eigenvalue weighted by Gasteiger charge is 2.27. The van der Waals surface area contributed by atoms with Gasteiger partial charge < -0.3 is 19.7 Å². The minimum absolute atomic E-state index is 0.0585. The van der Waals surface area contributed by atoms with Gasteiger partial charge in [-0.25, -0.2) is 0 Å². The molecular formula is C11H19NO6. The molecule has 0 bridgehead atoms. The van der Waals surface area contributed by atoms with Crippen molar-refractivity contribution in [3.8, 4) is 0 Å². The van der Waals surface area contributed by atoms with Gasteiger partial charge in [0, 0.05) is 12.8 Å². The predicted octanol–water partition coefficient (Wildman–Crippen LogP) is -1.48. The molecule has 1 rings (SSSR count). The molecule has 0 saturated carbocycles. The zero-order valence-electron chi connectivity index (χ0n) is 10.2. The van der Waals surface area contributed by atoms with E-state index in [0.29, 0.717) is 26.1 Å². The number of nitrogens with zero attached hydrogens (tertiary/aromatic N) is 1. The third-order valence-electron chi connectivity index (χ3n) is 2.51. The normalized spacial score (nSPS) is 17.6. The van der Waals surface area contributed by atoms with Crippen molar-refractivity contribution in [2.45, 2.75) is 18.9 Å². The van der Waals surface area contributed by atoms with Gasteiger partial charge in [0.2, 0.25) is 11.8 Å². The molecule has 2 amide bonds. The summed E-state index contributed by atoms with van der Waals surface area (Å²) < 4.78 is 10.2. The lowest BCUT2D eigenvalue weighted by Crippen LogP contribution is -2.32. The van der Waals surface area contributed by atoms with Crippen molar-refractivity contribution in [1.82, 2.24) is 4.90 Å². The molecule has 0 aromatic carbocycles. The summed E-state index contributed by atoms with van der Waals surface area (Å²) in [7, 11) is 0. The van der Waals surface area contributed by atoms with Crippen LogP contribution in [0.25, 0.3) is 0 Å². The van der Waals surface area contributed by atoms with Crippen LogP contribution in [-0.2, 0) is 19.1 Å². The molecule has 1 aliphatic heterocycles. The molecule has 0 aliphatic carbocycles. The Morgan fingerprint density at radius 3 is 2.33 bits per heavy atom. The number of hydrogen-bond donors (Lipinski definition) is 2. The summed E-state index contributed by atoms with van der Waals surface area (Å²) in [6.07, 6.45) is -0.285. The third-order valence-corrected chi connectivity index (χ3v) is 2.51. The maximum atomic E-state index is 11.2. The first-order valence-corrected chi connectivity index (χ1v) is 5.92. The number of aliphatic hydroxyl groups is 2. The minimum atomic E-state index is -0.871. The summed E-state index contributed by atoms with van der Waals surface area (Å²) in [5, 5.41) is 17.5. The summed E-state index contributed by atoms with van der Waals surface area (Å²) in [4.78, 5) is 23.7. The van der Waals surface area contributed by atoms with Crippen molar-refractivity contribution in [2.75, 3.05) is 39.6 Å². The van der Waals surface area contributed by atoms with Crippen LogP contribution in [0, 0.1) is 0 Å². The number of rotatable bonds is 9. The van der Waals surface area contributed by atoms with E-state index in [9.17, 15) is 9.59 Å². The minimum Gasteiger partial charge on any atom is -0.394 e. The highest BCUT2D eigenvalue weighted by molar-refractivity contribution is 6.01. The van der Waals surface area contributed by atoms with Crippen LogP contribution in [0.15, 0.2) is 0 Å². The average molecular weight is 261 g/mol. The number of imide groups is 1. The van der Waals surface area contributed by atoms with Gasteiger partial charge in [0.15, 0.2) is 0 Å². The number of ether oxygens (including phenoxy) is 2. The van der Waals surface area contributed by atoms with Gasteiger partial charge in [-0.05, 0) is 0 Å². The quantitative estimate of drug-likeness (QED) is 0.388. The molecule has 104 valence electrons. The van der Waals surface area contributed by atoms with Crippen LogP contribution in [0.5, 0.6) is 0 Å². The lowest BCUT2D eigenvalue weighted by molar-refractivity contribution is -0.139. The Kier molecular flexibility index (Phi) is 6.81. The van der Waals surface area contributed by atoms with Crippen molar-refractivity contribution < 1.29 is 29.3 Å². The SMILES string of the molecule is O=C1CCC(=O)N1CCOCCOCC(O)CO. The summed E-state index contributed by atoms with van der Waals surface area (Å²) >= 11 is 0. The van der Waals surface area contributed by atoms with E-state index in [1.807, 2.05) is 0 Å². The fourth-order valence-corrected chi connectivity index (χ4v) is 1.52. The van der Waals surface area contributed by atoms with E-state index in [2.05, 4.69) is 0 Å².